The van der Waals surface area contributed by atoms with Crippen LogP contribution in [0.5, 0.6) is 0 Å². The fourth-order valence-corrected chi connectivity index (χ4v) is 4.45. The van der Waals surface area contributed by atoms with Gasteiger partial charge >= 0.3 is 0 Å². The highest BCUT2D eigenvalue weighted by atomic mass is 32.2. The second kappa shape index (κ2) is 9.19. The summed E-state index contributed by atoms with van der Waals surface area (Å²) in [6.07, 6.45) is 0. The van der Waals surface area contributed by atoms with Crippen LogP contribution in [-0.4, -0.2) is 38.2 Å². The molecule has 0 saturated heterocycles. The topological polar surface area (TPSA) is 101 Å². The van der Waals surface area contributed by atoms with E-state index in [2.05, 4.69) is 0 Å². The van der Waals surface area contributed by atoms with Crippen molar-refractivity contribution in [2.24, 2.45) is 0 Å². The molecule has 3 aromatic carbocycles. The van der Waals surface area contributed by atoms with Gasteiger partial charge < -0.3 is 4.90 Å². The molecule has 32 heavy (non-hydrogen) atoms. The molecule has 3 rings (SSSR count). The first-order valence-corrected chi connectivity index (χ1v) is 11.2. The zero-order valence-corrected chi connectivity index (χ0v) is 18.7. The van der Waals surface area contributed by atoms with Crippen LogP contribution in [0.15, 0.2) is 77.7 Å². The van der Waals surface area contributed by atoms with Gasteiger partial charge in [-0.3, -0.25) is 19.2 Å². The molecule has 0 aliphatic rings. The fraction of sp³-hybridized carbons (Fsp3) is 0.174. The Balaban J connectivity index is 1.85. The van der Waals surface area contributed by atoms with Crippen molar-refractivity contribution >= 4 is 27.3 Å². The van der Waals surface area contributed by atoms with E-state index in [9.17, 15) is 23.3 Å². The highest BCUT2D eigenvalue weighted by Crippen LogP contribution is 2.24. The Kier molecular flexibility index (Phi) is 6.59. The van der Waals surface area contributed by atoms with E-state index in [0.717, 1.165) is 9.87 Å². The molecule has 0 N–H and O–H groups in total. The minimum absolute atomic E-state index is 0.0102. The molecule has 0 radical (unpaired) electrons. The first-order valence-electron chi connectivity index (χ1n) is 9.74. The zero-order valence-electron chi connectivity index (χ0n) is 17.9. The van der Waals surface area contributed by atoms with E-state index in [1.54, 1.807) is 30.3 Å². The lowest BCUT2D eigenvalue weighted by atomic mass is 10.1. The summed E-state index contributed by atoms with van der Waals surface area (Å²) in [5.41, 5.74) is 1.98. The van der Waals surface area contributed by atoms with Gasteiger partial charge in [0.15, 0.2) is 0 Å². The number of rotatable bonds is 7. The Bertz CT molecular complexity index is 1260. The van der Waals surface area contributed by atoms with Gasteiger partial charge in [0.25, 0.3) is 21.6 Å². The second-order valence-electron chi connectivity index (χ2n) is 7.38. The van der Waals surface area contributed by atoms with Crippen LogP contribution in [0.4, 0.5) is 11.4 Å². The molecule has 1 amide bonds. The summed E-state index contributed by atoms with van der Waals surface area (Å²) in [5.74, 6) is -0.446. The van der Waals surface area contributed by atoms with Crippen LogP contribution in [0.2, 0.25) is 0 Å². The van der Waals surface area contributed by atoms with E-state index >= 15 is 0 Å². The fourth-order valence-electron chi connectivity index (χ4n) is 3.21. The number of amides is 1. The zero-order chi connectivity index (χ0) is 23.5. The monoisotopic (exact) mass is 453 g/mol. The number of carbonyl (C=O) groups excluding carboxylic acids is 1. The molecule has 0 fully saturated rings. The third kappa shape index (κ3) is 4.78. The molecule has 0 heterocycles. The summed E-state index contributed by atoms with van der Waals surface area (Å²) >= 11 is 0. The molecule has 9 heteroatoms. The van der Waals surface area contributed by atoms with Crippen molar-refractivity contribution in [2.75, 3.05) is 18.4 Å². The van der Waals surface area contributed by atoms with Gasteiger partial charge in [0, 0.05) is 31.3 Å². The summed E-state index contributed by atoms with van der Waals surface area (Å²) in [4.78, 5) is 25.0. The number of hydrogen-bond donors (Lipinski definition) is 0. The Morgan fingerprint density at radius 1 is 0.969 bits per heavy atom. The van der Waals surface area contributed by atoms with Crippen molar-refractivity contribution in [1.29, 1.82) is 0 Å². The van der Waals surface area contributed by atoms with E-state index in [1.807, 2.05) is 19.1 Å². The number of nitro benzene ring substituents is 1. The molecule has 0 aliphatic carbocycles. The summed E-state index contributed by atoms with van der Waals surface area (Å²) in [6.45, 7) is 1.92. The van der Waals surface area contributed by atoms with Crippen molar-refractivity contribution in [2.45, 2.75) is 18.4 Å². The number of anilines is 1. The molecule has 0 unspecified atom stereocenters. The van der Waals surface area contributed by atoms with Crippen LogP contribution in [0.3, 0.4) is 0 Å². The number of benzene rings is 3. The van der Waals surface area contributed by atoms with Gasteiger partial charge in [0.1, 0.15) is 0 Å². The Labute approximate surface area is 186 Å². The van der Waals surface area contributed by atoms with Crippen LogP contribution >= 0.6 is 0 Å². The van der Waals surface area contributed by atoms with E-state index in [4.69, 9.17) is 0 Å². The number of sulfonamides is 1. The largest absolute Gasteiger partial charge is 0.337 e. The third-order valence-electron chi connectivity index (χ3n) is 5.08. The lowest BCUT2D eigenvalue weighted by Gasteiger charge is -2.21. The first kappa shape index (κ1) is 23.0. The molecule has 166 valence electrons. The standard InChI is InChI=1S/C23H23N3O5S/c1-17-11-13-20(14-12-17)25(3)32(30,31)21-9-6-8-18(15-21)23(27)24(2)16-19-7-4-5-10-22(19)26(28)29/h4-15H,16H2,1-3H3. The smallest absolute Gasteiger partial charge is 0.274 e. The maximum atomic E-state index is 13.1. The number of aryl methyl sites for hydroxylation is 1. The molecule has 0 aromatic heterocycles. The van der Waals surface area contributed by atoms with Crippen LogP contribution < -0.4 is 4.31 Å². The highest BCUT2D eigenvalue weighted by molar-refractivity contribution is 7.92. The first-order chi connectivity index (χ1) is 15.1. The number of nitrogens with zero attached hydrogens (tertiary/aromatic N) is 3. The van der Waals surface area contributed by atoms with Crippen LogP contribution in [-0.2, 0) is 16.6 Å². The summed E-state index contributed by atoms with van der Waals surface area (Å²) in [6, 6.07) is 19.0. The highest BCUT2D eigenvalue weighted by Gasteiger charge is 2.24. The molecule has 3 aromatic rings. The molecule has 8 nitrogen and oxygen atoms in total. The van der Waals surface area contributed by atoms with E-state index in [1.165, 1.54) is 49.3 Å². The Hall–Kier alpha value is -3.72. The molecular formula is C23H23N3O5S. The third-order valence-corrected chi connectivity index (χ3v) is 6.86. The maximum absolute atomic E-state index is 13.1. The van der Waals surface area contributed by atoms with Gasteiger partial charge in [0.05, 0.1) is 22.1 Å². The SMILES string of the molecule is Cc1ccc(N(C)S(=O)(=O)c2cccc(C(=O)N(C)Cc3ccccc3[N+](=O)[O-])c2)cc1. The molecule has 0 spiro atoms. The second-order valence-corrected chi connectivity index (χ2v) is 9.35. The predicted octanol–water partition coefficient (Wildman–Crippen LogP) is 4.00. The summed E-state index contributed by atoms with van der Waals surface area (Å²) in [7, 11) is -0.924. The predicted molar refractivity (Wildman–Crippen MR) is 122 cm³/mol. The lowest BCUT2D eigenvalue weighted by Crippen LogP contribution is -2.28. The van der Waals surface area contributed by atoms with E-state index in [-0.39, 0.29) is 22.7 Å². The van der Waals surface area contributed by atoms with Gasteiger partial charge in [-0.05, 0) is 37.3 Å². The molecular weight excluding hydrogens is 430 g/mol. The minimum atomic E-state index is -3.89. The normalized spacial score (nSPS) is 11.1. The maximum Gasteiger partial charge on any atom is 0.274 e. The van der Waals surface area contributed by atoms with Crippen molar-refractivity contribution in [3.8, 4) is 0 Å². The lowest BCUT2D eigenvalue weighted by molar-refractivity contribution is -0.385. The van der Waals surface area contributed by atoms with Gasteiger partial charge in [-0.2, -0.15) is 0 Å². The molecule has 0 bridgehead atoms. The Morgan fingerprint density at radius 2 is 1.62 bits per heavy atom. The van der Waals surface area contributed by atoms with E-state index in [0.29, 0.717) is 11.3 Å². The average Bonchev–Trinajstić information content (AvgIpc) is 2.78. The van der Waals surface area contributed by atoms with Crippen molar-refractivity contribution in [1.82, 2.24) is 4.90 Å². The van der Waals surface area contributed by atoms with Gasteiger partial charge in [0.2, 0.25) is 0 Å². The van der Waals surface area contributed by atoms with Crippen LogP contribution in [0.1, 0.15) is 21.5 Å². The van der Waals surface area contributed by atoms with Crippen molar-refractivity contribution < 1.29 is 18.1 Å². The minimum Gasteiger partial charge on any atom is -0.337 e. The summed E-state index contributed by atoms with van der Waals surface area (Å²) in [5, 5.41) is 11.2. The van der Waals surface area contributed by atoms with Crippen LogP contribution in [0, 0.1) is 17.0 Å². The van der Waals surface area contributed by atoms with Gasteiger partial charge in [-0.1, -0.05) is 42.0 Å². The van der Waals surface area contributed by atoms with Gasteiger partial charge in [-0.15, -0.1) is 0 Å². The molecule has 0 atom stereocenters. The molecule has 0 aliphatic heterocycles. The number of para-hydroxylation sites is 1. The van der Waals surface area contributed by atoms with Crippen molar-refractivity contribution in [3.63, 3.8) is 0 Å². The van der Waals surface area contributed by atoms with Gasteiger partial charge in [-0.25, -0.2) is 8.42 Å². The number of carbonyl (C=O) groups is 1. The number of hydrogen-bond acceptors (Lipinski definition) is 5. The molecule has 0 saturated carbocycles. The Morgan fingerprint density at radius 3 is 2.28 bits per heavy atom. The average molecular weight is 454 g/mol. The number of nitro groups is 1. The summed E-state index contributed by atoms with van der Waals surface area (Å²) < 4.78 is 27.4. The van der Waals surface area contributed by atoms with Crippen LogP contribution in [0.25, 0.3) is 0 Å². The quantitative estimate of drug-likeness (QED) is 0.398. The van der Waals surface area contributed by atoms with E-state index < -0.39 is 20.9 Å². The van der Waals surface area contributed by atoms with Crippen molar-refractivity contribution in [3.05, 3.63) is 99.6 Å².